The van der Waals surface area contributed by atoms with Crippen LogP contribution in [0.1, 0.15) is 44.4 Å². The van der Waals surface area contributed by atoms with Crippen LogP contribution in [0.4, 0.5) is 11.4 Å². The number of hydrogen-bond acceptors (Lipinski definition) is 5. The summed E-state index contributed by atoms with van der Waals surface area (Å²) in [6.45, 7) is 1.86. The predicted octanol–water partition coefficient (Wildman–Crippen LogP) is 6.65. The van der Waals surface area contributed by atoms with E-state index < -0.39 is 23.1 Å². The minimum Gasteiger partial charge on any atom is -0.478 e. The summed E-state index contributed by atoms with van der Waals surface area (Å²) in [5.74, 6) is -3.09. The number of carboxylic acid groups (broad SMARTS) is 2. The number of benzene rings is 4. The topological polar surface area (TPSA) is 133 Å². The van der Waals surface area contributed by atoms with Crippen molar-refractivity contribution >= 4 is 69.3 Å². The quantitative estimate of drug-likeness (QED) is 0.168. The van der Waals surface area contributed by atoms with Gasteiger partial charge in [0.25, 0.3) is 5.91 Å². The number of thioether (sulfide) groups is 1. The molecule has 0 aromatic heterocycles. The number of nitrogens with one attached hydrogen (secondary N) is 2. The van der Waals surface area contributed by atoms with Gasteiger partial charge in [0.1, 0.15) is 0 Å². The molecule has 0 spiro atoms. The lowest BCUT2D eigenvalue weighted by Gasteiger charge is -2.16. The third-order valence-corrected chi connectivity index (χ3v) is 7.57. The molecule has 1 unspecified atom stereocenters. The maximum Gasteiger partial charge on any atom is 0.337 e. The number of rotatable bonds is 9. The van der Waals surface area contributed by atoms with Gasteiger partial charge in [-0.25, -0.2) is 9.59 Å². The third-order valence-electron chi connectivity index (χ3n) is 5.88. The van der Waals surface area contributed by atoms with Crippen molar-refractivity contribution in [3.8, 4) is 0 Å². The van der Waals surface area contributed by atoms with E-state index >= 15 is 0 Å². The Morgan fingerprint density at radius 1 is 0.795 bits per heavy atom. The van der Waals surface area contributed by atoms with E-state index in [1.165, 1.54) is 36.0 Å². The number of carbonyl (C=O) groups excluding carboxylic acids is 2. The van der Waals surface area contributed by atoms with Crippen molar-refractivity contribution < 1.29 is 29.4 Å². The lowest BCUT2D eigenvalue weighted by atomic mass is 9.98. The summed E-state index contributed by atoms with van der Waals surface area (Å²) in [5, 5.41) is 25.0. The Morgan fingerprint density at radius 3 is 2.10 bits per heavy atom. The van der Waals surface area contributed by atoms with Crippen molar-refractivity contribution in [2.75, 3.05) is 10.6 Å². The van der Waals surface area contributed by atoms with Crippen molar-refractivity contribution in [3.05, 3.63) is 101 Å². The molecular weight excluding hydrogens is 540 g/mol. The lowest BCUT2D eigenvalue weighted by Crippen LogP contribution is -2.24. The van der Waals surface area contributed by atoms with Gasteiger partial charge in [-0.1, -0.05) is 48.9 Å². The largest absolute Gasteiger partial charge is 0.478 e. The molecule has 4 rings (SSSR count). The van der Waals surface area contributed by atoms with E-state index in [1.54, 1.807) is 48.5 Å². The summed E-state index contributed by atoms with van der Waals surface area (Å²) >= 11 is 7.20. The fourth-order valence-corrected chi connectivity index (χ4v) is 5.24. The number of hydrogen-bond donors (Lipinski definition) is 4. The van der Waals surface area contributed by atoms with Crippen molar-refractivity contribution in [1.82, 2.24) is 0 Å². The van der Waals surface area contributed by atoms with Crippen LogP contribution < -0.4 is 10.6 Å². The highest BCUT2D eigenvalue weighted by molar-refractivity contribution is 8.00. The second-order valence-corrected chi connectivity index (χ2v) is 10.2. The Labute approximate surface area is 233 Å². The second-order valence-electron chi connectivity index (χ2n) is 8.50. The fraction of sp³-hybridized carbons (Fsp3) is 0.103. The zero-order valence-electron chi connectivity index (χ0n) is 20.6. The highest BCUT2D eigenvalue weighted by Crippen LogP contribution is 2.30. The maximum atomic E-state index is 13.2. The van der Waals surface area contributed by atoms with Gasteiger partial charge < -0.3 is 20.8 Å². The van der Waals surface area contributed by atoms with Gasteiger partial charge in [0.15, 0.2) is 0 Å². The van der Waals surface area contributed by atoms with Crippen LogP contribution in [0.2, 0.25) is 5.02 Å². The number of carbonyl (C=O) groups is 4. The molecule has 0 aliphatic carbocycles. The van der Waals surface area contributed by atoms with E-state index in [4.69, 9.17) is 11.6 Å². The van der Waals surface area contributed by atoms with E-state index in [0.717, 1.165) is 4.90 Å². The van der Waals surface area contributed by atoms with Gasteiger partial charge in [-0.3, -0.25) is 9.59 Å². The SMILES string of the molecule is CCC(Sc1cccc(NC(=O)c2cccc3cccc(C(=O)O)c23)c1)C(=O)Nc1ccc(Cl)c(C(=O)O)c1. The summed E-state index contributed by atoms with van der Waals surface area (Å²) in [7, 11) is 0. The Bertz CT molecular complexity index is 1600. The van der Waals surface area contributed by atoms with E-state index in [2.05, 4.69) is 10.6 Å². The van der Waals surface area contributed by atoms with Crippen LogP contribution in [-0.4, -0.2) is 39.2 Å². The summed E-state index contributed by atoms with van der Waals surface area (Å²) < 4.78 is 0. The summed E-state index contributed by atoms with van der Waals surface area (Å²) in [6.07, 6.45) is 0.487. The molecule has 8 nitrogen and oxygen atoms in total. The van der Waals surface area contributed by atoms with Gasteiger partial charge >= 0.3 is 11.9 Å². The zero-order valence-corrected chi connectivity index (χ0v) is 22.2. The molecule has 4 N–H and O–H groups in total. The molecule has 0 radical (unpaired) electrons. The first-order chi connectivity index (χ1) is 18.7. The molecule has 0 aliphatic rings. The molecule has 4 aromatic rings. The highest BCUT2D eigenvalue weighted by atomic mass is 35.5. The lowest BCUT2D eigenvalue weighted by molar-refractivity contribution is -0.115. The van der Waals surface area contributed by atoms with Crippen LogP contribution in [0, 0.1) is 0 Å². The van der Waals surface area contributed by atoms with E-state index in [9.17, 15) is 29.4 Å². The van der Waals surface area contributed by atoms with Crippen LogP contribution in [0.25, 0.3) is 10.8 Å². The summed E-state index contributed by atoms with van der Waals surface area (Å²) in [4.78, 5) is 49.9. The molecule has 0 bridgehead atoms. The maximum absolute atomic E-state index is 13.2. The number of carboxylic acids is 2. The average Bonchev–Trinajstić information content (AvgIpc) is 2.91. The number of halogens is 1. The molecular formula is C29H23ClN2O6S. The van der Waals surface area contributed by atoms with E-state index in [0.29, 0.717) is 28.6 Å². The molecule has 0 fully saturated rings. The van der Waals surface area contributed by atoms with Gasteiger partial charge in [0.05, 0.1) is 21.4 Å². The predicted molar refractivity (Wildman–Crippen MR) is 152 cm³/mol. The monoisotopic (exact) mass is 562 g/mol. The first kappa shape index (κ1) is 27.7. The summed E-state index contributed by atoms with van der Waals surface area (Å²) in [6, 6.07) is 21.1. The standard InChI is InChI=1S/C29H23ClN2O6S/c1-2-24(27(34)32-18-12-13-23(30)22(15-18)29(37)38)39-19-9-5-8-17(14-19)31-26(33)20-10-3-6-16-7-4-11-21(25(16)20)28(35)36/h3-15,24H,2H2,1H3,(H,31,33)(H,32,34)(H,35,36)(H,37,38). The molecule has 0 aliphatic heterocycles. The van der Waals surface area contributed by atoms with Gasteiger partial charge in [0.2, 0.25) is 5.91 Å². The molecule has 39 heavy (non-hydrogen) atoms. The van der Waals surface area contributed by atoms with Crippen LogP contribution in [0.3, 0.4) is 0 Å². The molecule has 0 saturated carbocycles. The Hall–Kier alpha value is -4.34. The second kappa shape index (κ2) is 12.0. The minimum atomic E-state index is -1.20. The number of amides is 2. The Morgan fingerprint density at radius 2 is 1.44 bits per heavy atom. The van der Waals surface area contributed by atoms with Crippen molar-refractivity contribution in [2.24, 2.45) is 0 Å². The third kappa shape index (κ3) is 6.39. The smallest absolute Gasteiger partial charge is 0.337 e. The average molecular weight is 563 g/mol. The first-order valence-corrected chi connectivity index (χ1v) is 13.1. The summed E-state index contributed by atoms with van der Waals surface area (Å²) in [5.41, 5.74) is 0.959. The molecule has 1 atom stereocenters. The molecule has 198 valence electrons. The normalized spacial score (nSPS) is 11.5. The van der Waals surface area contributed by atoms with Crippen LogP contribution in [0.5, 0.6) is 0 Å². The zero-order chi connectivity index (χ0) is 28.1. The Kier molecular flexibility index (Phi) is 8.53. The number of aromatic carboxylic acids is 2. The molecule has 0 heterocycles. The van der Waals surface area contributed by atoms with Crippen molar-refractivity contribution in [1.29, 1.82) is 0 Å². The minimum absolute atomic E-state index is 0.0375. The Balaban J connectivity index is 1.51. The van der Waals surface area contributed by atoms with Crippen LogP contribution in [0.15, 0.2) is 83.8 Å². The molecule has 2 amide bonds. The van der Waals surface area contributed by atoms with Crippen LogP contribution >= 0.6 is 23.4 Å². The van der Waals surface area contributed by atoms with Crippen molar-refractivity contribution in [2.45, 2.75) is 23.5 Å². The molecule has 4 aromatic carbocycles. The van der Waals surface area contributed by atoms with E-state index in [1.807, 2.05) is 13.0 Å². The number of fused-ring (bicyclic) bond motifs is 1. The first-order valence-electron chi connectivity index (χ1n) is 11.8. The fourth-order valence-electron chi connectivity index (χ4n) is 4.03. The van der Waals surface area contributed by atoms with Gasteiger partial charge in [-0.15, -0.1) is 11.8 Å². The van der Waals surface area contributed by atoms with Gasteiger partial charge in [0, 0.05) is 27.2 Å². The van der Waals surface area contributed by atoms with Crippen LogP contribution in [-0.2, 0) is 4.79 Å². The van der Waals surface area contributed by atoms with E-state index in [-0.39, 0.29) is 27.6 Å². The van der Waals surface area contributed by atoms with Gasteiger partial charge in [-0.2, -0.15) is 0 Å². The molecule has 10 heteroatoms. The van der Waals surface area contributed by atoms with Crippen molar-refractivity contribution in [3.63, 3.8) is 0 Å². The highest BCUT2D eigenvalue weighted by Gasteiger charge is 2.20. The van der Waals surface area contributed by atoms with Gasteiger partial charge in [-0.05, 0) is 60.3 Å². The number of anilines is 2. The molecule has 0 saturated heterocycles.